The molecular formula is C13H18ClNO2. The summed E-state index contributed by atoms with van der Waals surface area (Å²) in [4.78, 5) is 11.9. The maximum Gasteiger partial charge on any atom is 0.253 e. The van der Waals surface area contributed by atoms with Crippen LogP contribution in [0.15, 0.2) is 12.1 Å². The van der Waals surface area contributed by atoms with Gasteiger partial charge in [0.2, 0.25) is 0 Å². The van der Waals surface area contributed by atoms with Gasteiger partial charge < -0.3 is 10.4 Å². The van der Waals surface area contributed by atoms with Gasteiger partial charge in [0.15, 0.2) is 0 Å². The molecule has 0 saturated carbocycles. The Balaban J connectivity index is 2.86. The van der Waals surface area contributed by atoms with Gasteiger partial charge in [0.1, 0.15) is 0 Å². The number of carbonyl (C=O) groups excluding carboxylic acids is 1. The third kappa shape index (κ3) is 3.72. The Morgan fingerprint density at radius 1 is 1.41 bits per heavy atom. The van der Waals surface area contributed by atoms with E-state index < -0.39 is 0 Å². The molecule has 0 aromatic heterocycles. The molecule has 1 atom stereocenters. The average Bonchev–Trinajstić information content (AvgIpc) is 2.23. The number of halogens is 1. The zero-order valence-corrected chi connectivity index (χ0v) is 11.1. The van der Waals surface area contributed by atoms with E-state index >= 15 is 0 Å². The molecule has 0 fully saturated rings. The van der Waals surface area contributed by atoms with Gasteiger partial charge in [-0.15, -0.1) is 0 Å². The number of nitrogens with one attached hydrogen (secondary N) is 1. The Hall–Kier alpha value is -1.06. The van der Waals surface area contributed by atoms with E-state index in [0.29, 0.717) is 17.0 Å². The Morgan fingerprint density at radius 2 is 2.00 bits per heavy atom. The number of amides is 1. The van der Waals surface area contributed by atoms with E-state index in [0.717, 1.165) is 11.1 Å². The third-order valence-electron chi connectivity index (χ3n) is 2.77. The van der Waals surface area contributed by atoms with Crippen LogP contribution in [0.4, 0.5) is 0 Å². The topological polar surface area (TPSA) is 49.3 Å². The number of rotatable bonds is 4. The molecule has 1 unspecified atom stereocenters. The van der Waals surface area contributed by atoms with Crippen LogP contribution in [-0.4, -0.2) is 23.7 Å². The van der Waals surface area contributed by atoms with Crippen molar-refractivity contribution in [2.24, 2.45) is 0 Å². The molecule has 1 aromatic carbocycles. The highest BCUT2D eigenvalue weighted by Crippen LogP contribution is 2.20. The van der Waals surface area contributed by atoms with E-state index in [1.165, 1.54) is 0 Å². The first-order valence-corrected chi connectivity index (χ1v) is 6.02. The largest absolute Gasteiger partial charge is 0.396 e. The minimum Gasteiger partial charge on any atom is -0.396 e. The van der Waals surface area contributed by atoms with Crippen molar-refractivity contribution in [3.05, 3.63) is 33.8 Å². The van der Waals surface area contributed by atoms with Gasteiger partial charge in [-0.05, 0) is 50.5 Å². The molecule has 1 rings (SSSR count). The first-order chi connectivity index (χ1) is 7.95. The van der Waals surface area contributed by atoms with E-state index in [4.69, 9.17) is 16.7 Å². The van der Waals surface area contributed by atoms with E-state index in [1.807, 2.05) is 20.8 Å². The molecular weight excluding hydrogens is 238 g/mol. The first-order valence-electron chi connectivity index (χ1n) is 5.64. The number of benzene rings is 1. The van der Waals surface area contributed by atoms with E-state index in [-0.39, 0.29) is 18.6 Å². The second kappa shape index (κ2) is 6.03. The average molecular weight is 256 g/mol. The molecule has 0 aliphatic carbocycles. The van der Waals surface area contributed by atoms with Crippen LogP contribution >= 0.6 is 11.6 Å². The van der Waals surface area contributed by atoms with Gasteiger partial charge in [0.25, 0.3) is 5.91 Å². The van der Waals surface area contributed by atoms with Crippen molar-refractivity contribution in [1.82, 2.24) is 5.32 Å². The third-order valence-corrected chi connectivity index (χ3v) is 3.08. The second-order valence-electron chi connectivity index (χ2n) is 4.30. The zero-order valence-electron chi connectivity index (χ0n) is 10.4. The van der Waals surface area contributed by atoms with Crippen LogP contribution in [0.2, 0.25) is 5.02 Å². The fourth-order valence-electron chi connectivity index (χ4n) is 1.52. The quantitative estimate of drug-likeness (QED) is 0.868. The zero-order chi connectivity index (χ0) is 13.0. The normalized spacial score (nSPS) is 12.3. The summed E-state index contributed by atoms with van der Waals surface area (Å²) in [7, 11) is 0. The summed E-state index contributed by atoms with van der Waals surface area (Å²) < 4.78 is 0. The lowest BCUT2D eigenvalue weighted by Crippen LogP contribution is -2.33. The summed E-state index contributed by atoms with van der Waals surface area (Å²) in [5, 5.41) is 12.0. The van der Waals surface area contributed by atoms with Gasteiger partial charge in [0.05, 0.1) is 10.6 Å². The van der Waals surface area contributed by atoms with Crippen molar-refractivity contribution >= 4 is 17.5 Å². The monoisotopic (exact) mass is 255 g/mol. The highest BCUT2D eigenvalue weighted by Gasteiger charge is 2.13. The Morgan fingerprint density at radius 3 is 2.59 bits per heavy atom. The van der Waals surface area contributed by atoms with Crippen molar-refractivity contribution in [3.63, 3.8) is 0 Å². The van der Waals surface area contributed by atoms with Gasteiger partial charge in [-0.1, -0.05) is 11.6 Å². The van der Waals surface area contributed by atoms with Crippen molar-refractivity contribution in [1.29, 1.82) is 0 Å². The van der Waals surface area contributed by atoms with Crippen LogP contribution < -0.4 is 5.32 Å². The minimum atomic E-state index is -0.195. The van der Waals surface area contributed by atoms with Gasteiger partial charge >= 0.3 is 0 Å². The molecule has 0 saturated heterocycles. The van der Waals surface area contributed by atoms with Crippen LogP contribution in [0.3, 0.4) is 0 Å². The number of aliphatic hydroxyl groups is 1. The summed E-state index contributed by atoms with van der Waals surface area (Å²) in [6.45, 7) is 5.81. The summed E-state index contributed by atoms with van der Waals surface area (Å²) in [6.07, 6.45) is 0.536. The maximum absolute atomic E-state index is 11.9. The fourth-order valence-corrected chi connectivity index (χ4v) is 1.83. The molecule has 17 heavy (non-hydrogen) atoms. The number of aryl methyl sites for hydroxylation is 2. The van der Waals surface area contributed by atoms with Crippen LogP contribution in [0.1, 0.15) is 34.8 Å². The van der Waals surface area contributed by atoms with Crippen molar-refractivity contribution < 1.29 is 9.90 Å². The SMILES string of the molecule is Cc1cc(Cl)c(C(=O)NC(C)CCO)cc1C. The van der Waals surface area contributed by atoms with Gasteiger partial charge in [-0.3, -0.25) is 4.79 Å². The maximum atomic E-state index is 11.9. The smallest absolute Gasteiger partial charge is 0.253 e. The Bertz CT molecular complexity index is 418. The number of carbonyl (C=O) groups is 1. The predicted molar refractivity (Wildman–Crippen MR) is 69.6 cm³/mol. The number of hydrogen-bond acceptors (Lipinski definition) is 2. The van der Waals surface area contributed by atoms with Crippen molar-refractivity contribution in [3.8, 4) is 0 Å². The van der Waals surface area contributed by atoms with Crippen molar-refractivity contribution in [2.45, 2.75) is 33.2 Å². The van der Waals surface area contributed by atoms with Crippen LogP contribution in [-0.2, 0) is 0 Å². The summed E-state index contributed by atoms with van der Waals surface area (Å²) in [5.74, 6) is -0.195. The van der Waals surface area contributed by atoms with E-state index in [2.05, 4.69) is 5.32 Å². The van der Waals surface area contributed by atoms with Crippen molar-refractivity contribution in [2.75, 3.05) is 6.61 Å². The summed E-state index contributed by atoms with van der Waals surface area (Å²) in [6, 6.07) is 3.52. The highest BCUT2D eigenvalue weighted by atomic mass is 35.5. The Labute approximate surface area is 107 Å². The van der Waals surface area contributed by atoms with E-state index in [1.54, 1.807) is 12.1 Å². The van der Waals surface area contributed by atoms with Gasteiger partial charge in [-0.2, -0.15) is 0 Å². The number of hydrogen-bond donors (Lipinski definition) is 2. The molecule has 0 aliphatic heterocycles. The summed E-state index contributed by atoms with van der Waals surface area (Å²) in [5.41, 5.74) is 2.59. The van der Waals surface area contributed by atoms with Gasteiger partial charge in [-0.25, -0.2) is 0 Å². The van der Waals surface area contributed by atoms with Crippen LogP contribution in [0.5, 0.6) is 0 Å². The first kappa shape index (κ1) is 14.0. The molecule has 1 amide bonds. The van der Waals surface area contributed by atoms with Crippen LogP contribution in [0, 0.1) is 13.8 Å². The molecule has 0 heterocycles. The molecule has 0 radical (unpaired) electrons. The molecule has 94 valence electrons. The fraction of sp³-hybridized carbons (Fsp3) is 0.462. The molecule has 1 aromatic rings. The Kier molecular flexibility index (Phi) is 4.97. The lowest BCUT2D eigenvalue weighted by molar-refractivity contribution is 0.0934. The highest BCUT2D eigenvalue weighted by molar-refractivity contribution is 6.34. The minimum absolute atomic E-state index is 0.0576. The van der Waals surface area contributed by atoms with Crippen LogP contribution in [0.25, 0.3) is 0 Å². The standard InChI is InChI=1S/C13H18ClNO2/c1-8-6-11(12(14)7-9(8)2)13(17)15-10(3)4-5-16/h6-7,10,16H,4-5H2,1-3H3,(H,15,17). The molecule has 0 aliphatic rings. The van der Waals surface area contributed by atoms with E-state index in [9.17, 15) is 4.79 Å². The van der Waals surface area contributed by atoms with Gasteiger partial charge in [0, 0.05) is 12.6 Å². The summed E-state index contributed by atoms with van der Waals surface area (Å²) >= 11 is 6.05. The second-order valence-corrected chi connectivity index (χ2v) is 4.71. The molecule has 3 nitrogen and oxygen atoms in total. The molecule has 2 N–H and O–H groups in total. The molecule has 4 heteroatoms. The molecule has 0 spiro atoms. The number of aliphatic hydroxyl groups excluding tert-OH is 1. The predicted octanol–water partition coefficient (Wildman–Crippen LogP) is 2.46. The lowest BCUT2D eigenvalue weighted by Gasteiger charge is -2.14. The molecule has 0 bridgehead atoms. The lowest BCUT2D eigenvalue weighted by atomic mass is 10.1.